The molecule has 2 heterocycles. The number of carboxylic acids is 1. The van der Waals surface area contributed by atoms with Crippen molar-refractivity contribution in [2.75, 3.05) is 19.7 Å². The minimum atomic E-state index is -0.875. The maximum absolute atomic E-state index is 13.2. The van der Waals surface area contributed by atoms with Gasteiger partial charge in [0, 0.05) is 19.7 Å². The smallest absolute Gasteiger partial charge is 0.317 e. The Morgan fingerprint density at radius 1 is 1.29 bits per heavy atom. The molecule has 2 N–H and O–H groups in total. The number of hydrogen-bond acceptors (Lipinski definition) is 3. The first-order chi connectivity index (χ1) is 11.5. The molecule has 0 bridgehead atoms. The molecule has 3 rings (SSSR count). The first kappa shape index (κ1) is 16.7. The number of rotatable bonds is 4. The van der Waals surface area contributed by atoms with Gasteiger partial charge in [-0.15, -0.1) is 0 Å². The predicted octanol–water partition coefficient (Wildman–Crippen LogP) is 2.16. The van der Waals surface area contributed by atoms with Gasteiger partial charge in [0.15, 0.2) is 0 Å². The van der Waals surface area contributed by atoms with Gasteiger partial charge in [0.1, 0.15) is 5.82 Å². The summed E-state index contributed by atoms with van der Waals surface area (Å²) in [5, 5.41) is 12.0. The fourth-order valence-electron chi connectivity index (χ4n) is 3.30. The fourth-order valence-corrected chi connectivity index (χ4v) is 3.30. The maximum Gasteiger partial charge on any atom is 0.317 e. The van der Waals surface area contributed by atoms with Gasteiger partial charge in [-0.2, -0.15) is 0 Å². The second-order valence-electron chi connectivity index (χ2n) is 6.30. The Balaban J connectivity index is 1.71. The average Bonchev–Trinajstić information content (AvgIpc) is 3.25. The van der Waals surface area contributed by atoms with E-state index in [1.54, 1.807) is 12.1 Å². The number of aliphatic carboxylic acids is 1. The molecule has 130 valence electrons. The summed E-state index contributed by atoms with van der Waals surface area (Å²) in [5.41, 5.74) is 0.783. The molecule has 7 heteroatoms. The summed E-state index contributed by atoms with van der Waals surface area (Å²) < 4.78 is 18.9. The number of carboxylic acid groups (broad SMARTS) is 1. The standard InChI is InChI=1S/C17H21FN2O4/c18-13-5-3-11(4-6-13)15(14-2-1-9-24-14)19-17(23)20-8-7-12(10-20)16(21)22/h3-6,12,14-15H,1-2,7-10H2,(H,19,23)(H,21,22). The number of carbonyl (C=O) groups is 2. The largest absolute Gasteiger partial charge is 0.481 e. The molecule has 2 aliphatic rings. The highest BCUT2D eigenvalue weighted by Crippen LogP contribution is 2.28. The lowest BCUT2D eigenvalue weighted by Crippen LogP contribution is -2.44. The number of likely N-dealkylation sites (tertiary alicyclic amines) is 1. The summed E-state index contributed by atoms with van der Waals surface area (Å²) in [5.74, 6) is -1.72. The van der Waals surface area contributed by atoms with Crippen LogP contribution in [0.2, 0.25) is 0 Å². The van der Waals surface area contributed by atoms with E-state index < -0.39 is 11.9 Å². The molecule has 3 atom stereocenters. The minimum Gasteiger partial charge on any atom is -0.481 e. The highest BCUT2D eigenvalue weighted by atomic mass is 19.1. The first-order valence-corrected chi connectivity index (χ1v) is 8.20. The van der Waals surface area contributed by atoms with Crippen molar-refractivity contribution in [1.82, 2.24) is 10.2 Å². The lowest BCUT2D eigenvalue weighted by atomic mass is 9.99. The normalized spacial score (nSPS) is 24.8. The van der Waals surface area contributed by atoms with E-state index in [1.807, 2.05) is 0 Å². The maximum atomic E-state index is 13.2. The zero-order valence-corrected chi connectivity index (χ0v) is 13.3. The van der Waals surface area contributed by atoms with Gasteiger partial charge in [-0.05, 0) is 37.0 Å². The first-order valence-electron chi connectivity index (χ1n) is 8.20. The van der Waals surface area contributed by atoms with E-state index in [2.05, 4.69) is 5.32 Å². The van der Waals surface area contributed by atoms with Crippen molar-refractivity contribution < 1.29 is 23.8 Å². The second kappa shape index (κ2) is 7.17. The Kier molecular flexibility index (Phi) is 4.99. The van der Waals surface area contributed by atoms with Gasteiger partial charge in [0.25, 0.3) is 0 Å². The Labute approximate surface area is 139 Å². The molecule has 0 spiro atoms. The summed E-state index contributed by atoms with van der Waals surface area (Å²) in [6.45, 7) is 1.27. The number of carbonyl (C=O) groups excluding carboxylic acids is 1. The van der Waals surface area contributed by atoms with Crippen molar-refractivity contribution in [3.05, 3.63) is 35.6 Å². The van der Waals surface area contributed by atoms with Crippen LogP contribution in [0.15, 0.2) is 24.3 Å². The van der Waals surface area contributed by atoms with Crippen LogP contribution in [0.1, 0.15) is 30.9 Å². The third-order valence-corrected chi connectivity index (χ3v) is 4.67. The molecular formula is C17H21FN2O4. The van der Waals surface area contributed by atoms with Crippen molar-refractivity contribution in [3.63, 3.8) is 0 Å². The molecule has 1 aromatic carbocycles. The van der Waals surface area contributed by atoms with E-state index in [-0.39, 0.29) is 30.5 Å². The molecule has 0 radical (unpaired) electrons. The summed E-state index contributed by atoms with van der Waals surface area (Å²) in [4.78, 5) is 25.1. The molecule has 24 heavy (non-hydrogen) atoms. The number of amides is 2. The molecule has 2 amide bonds. The molecule has 0 saturated carbocycles. The molecule has 2 aliphatic heterocycles. The van der Waals surface area contributed by atoms with Gasteiger partial charge in [-0.1, -0.05) is 12.1 Å². The molecule has 0 aliphatic carbocycles. The van der Waals surface area contributed by atoms with Gasteiger partial charge < -0.3 is 20.1 Å². The third kappa shape index (κ3) is 3.67. The van der Waals surface area contributed by atoms with E-state index >= 15 is 0 Å². The van der Waals surface area contributed by atoms with Gasteiger partial charge >= 0.3 is 12.0 Å². The van der Waals surface area contributed by atoms with Crippen molar-refractivity contribution in [3.8, 4) is 0 Å². The Morgan fingerprint density at radius 2 is 2.04 bits per heavy atom. The van der Waals surface area contributed by atoms with Crippen LogP contribution in [0.4, 0.5) is 9.18 Å². The van der Waals surface area contributed by atoms with E-state index in [0.717, 1.165) is 18.4 Å². The highest BCUT2D eigenvalue weighted by Gasteiger charge is 2.34. The van der Waals surface area contributed by atoms with Crippen LogP contribution in [-0.4, -0.2) is 47.8 Å². The van der Waals surface area contributed by atoms with Gasteiger partial charge in [-0.25, -0.2) is 9.18 Å². The fraction of sp³-hybridized carbons (Fsp3) is 0.529. The van der Waals surface area contributed by atoms with Crippen LogP contribution in [0.5, 0.6) is 0 Å². The van der Waals surface area contributed by atoms with Crippen molar-refractivity contribution in [1.29, 1.82) is 0 Å². The van der Waals surface area contributed by atoms with Crippen LogP contribution in [0.25, 0.3) is 0 Å². The zero-order chi connectivity index (χ0) is 17.1. The van der Waals surface area contributed by atoms with E-state index in [4.69, 9.17) is 9.84 Å². The lowest BCUT2D eigenvalue weighted by Gasteiger charge is -2.27. The Morgan fingerprint density at radius 3 is 2.62 bits per heavy atom. The molecule has 6 nitrogen and oxygen atoms in total. The van der Waals surface area contributed by atoms with Gasteiger partial charge in [0.05, 0.1) is 18.1 Å². The van der Waals surface area contributed by atoms with Crippen LogP contribution in [-0.2, 0) is 9.53 Å². The monoisotopic (exact) mass is 336 g/mol. The number of ether oxygens (including phenoxy) is 1. The van der Waals surface area contributed by atoms with Gasteiger partial charge in [0.2, 0.25) is 0 Å². The SMILES string of the molecule is O=C(O)C1CCN(C(=O)NC(c2ccc(F)cc2)C2CCCO2)C1. The molecule has 2 saturated heterocycles. The van der Waals surface area contributed by atoms with Gasteiger partial charge in [-0.3, -0.25) is 4.79 Å². The Hall–Kier alpha value is -2.15. The predicted molar refractivity (Wildman–Crippen MR) is 84.0 cm³/mol. The summed E-state index contributed by atoms with van der Waals surface area (Å²) >= 11 is 0. The zero-order valence-electron chi connectivity index (χ0n) is 13.3. The Bertz CT molecular complexity index is 601. The topological polar surface area (TPSA) is 78.9 Å². The minimum absolute atomic E-state index is 0.155. The number of benzene rings is 1. The number of nitrogens with zero attached hydrogens (tertiary/aromatic N) is 1. The van der Waals surface area contributed by atoms with Crippen molar-refractivity contribution >= 4 is 12.0 Å². The van der Waals surface area contributed by atoms with Crippen molar-refractivity contribution in [2.24, 2.45) is 5.92 Å². The van der Waals surface area contributed by atoms with E-state index in [1.165, 1.54) is 17.0 Å². The highest BCUT2D eigenvalue weighted by molar-refractivity contribution is 5.77. The van der Waals surface area contributed by atoms with Crippen LogP contribution < -0.4 is 5.32 Å². The summed E-state index contributed by atoms with van der Waals surface area (Å²) in [7, 11) is 0. The quantitative estimate of drug-likeness (QED) is 0.883. The molecule has 2 fully saturated rings. The van der Waals surface area contributed by atoms with Crippen LogP contribution in [0.3, 0.4) is 0 Å². The second-order valence-corrected chi connectivity index (χ2v) is 6.30. The third-order valence-electron chi connectivity index (χ3n) is 4.67. The van der Waals surface area contributed by atoms with Crippen LogP contribution >= 0.6 is 0 Å². The average molecular weight is 336 g/mol. The molecule has 1 aromatic rings. The summed E-state index contributed by atoms with van der Waals surface area (Å²) in [6.07, 6.45) is 2.05. The molecular weight excluding hydrogens is 315 g/mol. The van der Waals surface area contributed by atoms with Crippen LogP contribution in [0, 0.1) is 11.7 Å². The molecule has 3 unspecified atom stereocenters. The number of nitrogens with one attached hydrogen (secondary N) is 1. The van der Waals surface area contributed by atoms with E-state index in [0.29, 0.717) is 19.6 Å². The molecule has 0 aromatic heterocycles. The van der Waals surface area contributed by atoms with Crippen molar-refractivity contribution in [2.45, 2.75) is 31.4 Å². The van der Waals surface area contributed by atoms with E-state index in [9.17, 15) is 14.0 Å². The lowest BCUT2D eigenvalue weighted by molar-refractivity contribution is -0.141. The summed E-state index contributed by atoms with van der Waals surface area (Å²) in [6, 6.07) is 5.34. The number of halogens is 1. The number of hydrogen-bond donors (Lipinski definition) is 2. The number of urea groups is 1.